The molecule has 0 aliphatic carbocycles. The second-order valence-corrected chi connectivity index (χ2v) is 6.01. The third-order valence-electron chi connectivity index (χ3n) is 3.92. The third kappa shape index (κ3) is 5.44. The SMILES string of the molecule is CC(=O)NCCN(C(=O)c1cccc(NC(=O)c2ccco2)c1)C(C)C(=O)O. The zero-order valence-corrected chi connectivity index (χ0v) is 15.5. The topological polar surface area (TPSA) is 129 Å². The summed E-state index contributed by atoms with van der Waals surface area (Å²) in [4.78, 5) is 48.5. The van der Waals surface area contributed by atoms with Crippen molar-refractivity contribution in [3.05, 3.63) is 54.0 Å². The van der Waals surface area contributed by atoms with Crippen LogP contribution >= 0.6 is 0 Å². The van der Waals surface area contributed by atoms with Crippen molar-refractivity contribution >= 4 is 29.4 Å². The average Bonchev–Trinajstić information content (AvgIpc) is 3.19. The van der Waals surface area contributed by atoms with Crippen LogP contribution in [0.1, 0.15) is 34.8 Å². The zero-order chi connectivity index (χ0) is 20.7. The average molecular weight is 387 g/mol. The summed E-state index contributed by atoms with van der Waals surface area (Å²) < 4.78 is 5.02. The number of hydrogen-bond acceptors (Lipinski definition) is 5. The highest BCUT2D eigenvalue weighted by Gasteiger charge is 2.26. The first-order chi connectivity index (χ1) is 13.3. The van der Waals surface area contributed by atoms with Crippen LogP contribution in [0.5, 0.6) is 0 Å². The molecule has 1 unspecified atom stereocenters. The Morgan fingerprint density at radius 3 is 2.54 bits per heavy atom. The predicted octanol–water partition coefficient (Wildman–Crippen LogP) is 1.58. The smallest absolute Gasteiger partial charge is 0.326 e. The largest absolute Gasteiger partial charge is 0.480 e. The highest BCUT2D eigenvalue weighted by Crippen LogP contribution is 2.16. The molecule has 2 aromatic rings. The van der Waals surface area contributed by atoms with E-state index in [4.69, 9.17) is 4.42 Å². The number of benzene rings is 1. The second kappa shape index (κ2) is 9.36. The Morgan fingerprint density at radius 1 is 1.18 bits per heavy atom. The van der Waals surface area contributed by atoms with Crippen molar-refractivity contribution in [1.29, 1.82) is 0 Å². The van der Waals surface area contributed by atoms with Crippen molar-refractivity contribution in [3.63, 3.8) is 0 Å². The number of furan rings is 1. The summed E-state index contributed by atoms with van der Waals surface area (Å²) in [7, 11) is 0. The summed E-state index contributed by atoms with van der Waals surface area (Å²) in [6.07, 6.45) is 1.37. The highest BCUT2D eigenvalue weighted by molar-refractivity contribution is 6.03. The minimum atomic E-state index is -1.17. The monoisotopic (exact) mass is 387 g/mol. The van der Waals surface area contributed by atoms with Gasteiger partial charge in [0.1, 0.15) is 6.04 Å². The fourth-order valence-corrected chi connectivity index (χ4v) is 2.45. The highest BCUT2D eigenvalue weighted by atomic mass is 16.4. The van der Waals surface area contributed by atoms with Gasteiger partial charge in [-0.25, -0.2) is 4.79 Å². The van der Waals surface area contributed by atoms with E-state index in [2.05, 4.69) is 10.6 Å². The minimum absolute atomic E-state index is 0.0227. The molecule has 28 heavy (non-hydrogen) atoms. The molecule has 1 aromatic heterocycles. The maximum Gasteiger partial charge on any atom is 0.326 e. The van der Waals surface area contributed by atoms with Gasteiger partial charge in [0.15, 0.2) is 5.76 Å². The van der Waals surface area contributed by atoms with Crippen LogP contribution in [0, 0.1) is 0 Å². The maximum atomic E-state index is 12.9. The third-order valence-corrected chi connectivity index (χ3v) is 3.92. The number of nitrogens with zero attached hydrogens (tertiary/aromatic N) is 1. The molecule has 1 heterocycles. The zero-order valence-electron chi connectivity index (χ0n) is 15.5. The van der Waals surface area contributed by atoms with Gasteiger partial charge in [0, 0.05) is 31.3 Å². The van der Waals surface area contributed by atoms with Gasteiger partial charge in [-0.05, 0) is 37.3 Å². The molecule has 0 aliphatic heterocycles. The van der Waals surface area contributed by atoms with Gasteiger partial charge in [-0.1, -0.05) is 6.07 Å². The van der Waals surface area contributed by atoms with Gasteiger partial charge < -0.3 is 25.1 Å². The molecule has 0 saturated heterocycles. The fraction of sp³-hybridized carbons (Fsp3) is 0.263. The molecule has 0 saturated carbocycles. The van der Waals surface area contributed by atoms with E-state index in [1.165, 1.54) is 38.3 Å². The fourth-order valence-electron chi connectivity index (χ4n) is 2.45. The van der Waals surface area contributed by atoms with Crippen molar-refractivity contribution in [1.82, 2.24) is 10.2 Å². The van der Waals surface area contributed by atoms with E-state index in [1.807, 2.05) is 0 Å². The molecule has 3 N–H and O–H groups in total. The molecule has 0 fully saturated rings. The molecule has 2 rings (SSSR count). The van der Waals surface area contributed by atoms with Gasteiger partial charge >= 0.3 is 5.97 Å². The molecule has 0 radical (unpaired) electrons. The quantitative estimate of drug-likeness (QED) is 0.631. The summed E-state index contributed by atoms with van der Waals surface area (Å²) in [5.74, 6) is -2.34. The van der Waals surface area contributed by atoms with Crippen molar-refractivity contribution in [2.75, 3.05) is 18.4 Å². The molecule has 3 amide bonds. The number of nitrogens with one attached hydrogen (secondary N) is 2. The van der Waals surface area contributed by atoms with E-state index >= 15 is 0 Å². The molecule has 1 aromatic carbocycles. The summed E-state index contributed by atoms with van der Waals surface area (Å²) >= 11 is 0. The van der Waals surface area contributed by atoms with Crippen LogP contribution in [0.4, 0.5) is 5.69 Å². The van der Waals surface area contributed by atoms with E-state index in [9.17, 15) is 24.3 Å². The Kier molecular flexibility index (Phi) is 6.91. The number of anilines is 1. The lowest BCUT2D eigenvalue weighted by atomic mass is 10.1. The van der Waals surface area contributed by atoms with Crippen LogP contribution in [0.3, 0.4) is 0 Å². The number of rotatable bonds is 8. The minimum Gasteiger partial charge on any atom is -0.480 e. The molecule has 9 nitrogen and oxygen atoms in total. The Morgan fingerprint density at radius 2 is 1.93 bits per heavy atom. The molecular weight excluding hydrogens is 366 g/mol. The molecule has 0 aliphatic rings. The van der Waals surface area contributed by atoms with Crippen molar-refractivity contribution in [3.8, 4) is 0 Å². The maximum absolute atomic E-state index is 12.9. The van der Waals surface area contributed by atoms with E-state index < -0.39 is 23.8 Å². The second-order valence-electron chi connectivity index (χ2n) is 6.01. The molecule has 148 valence electrons. The lowest BCUT2D eigenvalue weighted by molar-refractivity contribution is -0.141. The van der Waals surface area contributed by atoms with Crippen molar-refractivity contribution in [2.45, 2.75) is 19.9 Å². The van der Waals surface area contributed by atoms with Crippen LogP contribution in [-0.2, 0) is 9.59 Å². The summed E-state index contributed by atoms with van der Waals surface area (Å²) in [6, 6.07) is 8.12. The Hall–Kier alpha value is -3.62. The molecule has 9 heteroatoms. The van der Waals surface area contributed by atoms with Gasteiger partial charge in [-0.15, -0.1) is 0 Å². The molecular formula is C19H21N3O6. The van der Waals surface area contributed by atoms with Crippen molar-refractivity contribution < 1.29 is 28.7 Å². The molecule has 1 atom stereocenters. The van der Waals surface area contributed by atoms with Crippen molar-refractivity contribution in [2.24, 2.45) is 0 Å². The number of carbonyl (C=O) groups is 4. The first kappa shape index (κ1) is 20.7. The number of hydrogen-bond donors (Lipinski definition) is 3. The van der Waals surface area contributed by atoms with Crippen LogP contribution in [0.2, 0.25) is 0 Å². The summed E-state index contributed by atoms with van der Waals surface area (Å²) in [5, 5.41) is 14.4. The van der Waals surface area contributed by atoms with Crippen LogP contribution < -0.4 is 10.6 Å². The number of carboxylic acids is 1. The number of carboxylic acid groups (broad SMARTS) is 1. The van der Waals surface area contributed by atoms with Gasteiger partial charge in [-0.3, -0.25) is 14.4 Å². The number of carbonyl (C=O) groups excluding carboxylic acids is 3. The van der Waals surface area contributed by atoms with E-state index in [1.54, 1.807) is 18.2 Å². The Bertz CT molecular complexity index is 862. The van der Waals surface area contributed by atoms with Crippen LogP contribution in [0.15, 0.2) is 47.1 Å². The standard InChI is InChI=1S/C19H21N3O6/c1-12(19(26)27)22(9-8-20-13(2)23)18(25)14-5-3-6-15(11-14)21-17(24)16-7-4-10-28-16/h3-7,10-12H,8-9H2,1-2H3,(H,20,23)(H,21,24)(H,26,27). The van der Waals surface area contributed by atoms with E-state index in [-0.39, 0.29) is 30.3 Å². The predicted molar refractivity (Wildman–Crippen MR) is 99.9 cm³/mol. The van der Waals surface area contributed by atoms with Crippen LogP contribution in [-0.4, -0.2) is 52.8 Å². The van der Waals surface area contributed by atoms with Gasteiger partial charge in [0.25, 0.3) is 11.8 Å². The number of amides is 3. The van der Waals surface area contributed by atoms with Gasteiger partial charge in [-0.2, -0.15) is 0 Å². The first-order valence-corrected chi connectivity index (χ1v) is 8.52. The first-order valence-electron chi connectivity index (χ1n) is 8.52. The molecule has 0 bridgehead atoms. The summed E-state index contributed by atoms with van der Waals surface area (Å²) in [5.41, 5.74) is 0.560. The Balaban J connectivity index is 2.17. The van der Waals surface area contributed by atoms with Crippen LogP contribution in [0.25, 0.3) is 0 Å². The summed E-state index contributed by atoms with van der Waals surface area (Å²) in [6.45, 7) is 2.86. The molecule has 0 spiro atoms. The normalized spacial score (nSPS) is 11.4. The lowest BCUT2D eigenvalue weighted by Gasteiger charge is -2.27. The van der Waals surface area contributed by atoms with E-state index in [0.29, 0.717) is 5.69 Å². The number of aliphatic carboxylic acids is 1. The van der Waals surface area contributed by atoms with Gasteiger partial charge in [0.2, 0.25) is 5.91 Å². The lowest BCUT2D eigenvalue weighted by Crippen LogP contribution is -2.46. The van der Waals surface area contributed by atoms with E-state index in [0.717, 1.165) is 4.90 Å². The van der Waals surface area contributed by atoms with Gasteiger partial charge in [0.05, 0.1) is 6.26 Å². The Labute approximate surface area is 161 Å².